The van der Waals surface area contributed by atoms with Crippen LogP contribution in [0.3, 0.4) is 0 Å². The van der Waals surface area contributed by atoms with Crippen LogP contribution >= 0.6 is 0 Å². The average molecular weight is 265 g/mol. The highest BCUT2D eigenvalue weighted by atomic mass is 16.6. The van der Waals surface area contributed by atoms with E-state index in [0.29, 0.717) is 12.3 Å². The largest absolute Gasteiger partial charge is 0.491 e. The quantitative estimate of drug-likeness (QED) is 0.850. The van der Waals surface area contributed by atoms with Crippen molar-refractivity contribution in [3.8, 4) is 5.75 Å². The third-order valence-electron chi connectivity index (χ3n) is 2.34. The predicted octanol–water partition coefficient (Wildman–Crippen LogP) is 2.81. The molecule has 19 heavy (non-hydrogen) atoms. The normalized spacial score (nSPS) is 17.7. The van der Waals surface area contributed by atoms with Gasteiger partial charge in [0, 0.05) is 5.69 Å². The smallest absolute Gasteiger partial charge is 0.412 e. The average Bonchev–Trinajstić information content (AvgIpc) is 3.09. The lowest BCUT2D eigenvalue weighted by atomic mass is 10.2. The summed E-state index contributed by atoms with van der Waals surface area (Å²) in [5.41, 5.74) is 0.168. The van der Waals surface area contributed by atoms with E-state index in [2.05, 4.69) is 5.32 Å². The maximum atomic E-state index is 11.6. The molecular formula is C14H19NO4. The lowest BCUT2D eigenvalue weighted by Gasteiger charge is -2.19. The van der Waals surface area contributed by atoms with Crippen LogP contribution < -0.4 is 10.1 Å². The van der Waals surface area contributed by atoms with Gasteiger partial charge in [0.05, 0.1) is 6.61 Å². The van der Waals surface area contributed by atoms with Crippen LogP contribution in [0.1, 0.15) is 20.8 Å². The molecule has 2 rings (SSSR count). The van der Waals surface area contributed by atoms with E-state index in [1.54, 1.807) is 24.3 Å². The summed E-state index contributed by atoms with van der Waals surface area (Å²) in [6.07, 6.45) is -0.230. The monoisotopic (exact) mass is 265 g/mol. The highest BCUT2D eigenvalue weighted by Crippen LogP contribution is 2.18. The summed E-state index contributed by atoms with van der Waals surface area (Å²) < 4.78 is 15.7. The van der Waals surface area contributed by atoms with Gasteiger partial charge in [0.2, 0.25) is 0 Å². The molecule has 1 aromatic rings. The van der Waals surface area contributed by atoms with Crippen LogP contribution in [0.4, 0.5) is 10.5 Å². The molecule has 1 aliphatic rings. The minimum absolute atomic E-state index is 0.236. The number of amides is 1. The number of carbonyl (C=O) groups excluding carboxylic acids is 1. The predicted molar refractivity (Wildman–Crippen MR) is 71.5 cm³/mol. The summed E-state index contributed by atoms with van der Waals surface area (Å²) in [4.78, 5) is 11.6. The lowest BCUT2D eigenvalue weighted by molar-refractivity contribution is 0.0636. The number of carbonyl (C=O) groups is 1. The molecule has 0 unspecified atom stereocenters. The van der Waals surface area contributed by atoms with Crippen LogP contribution in [0.5, 0.6) is 5.75 Å². The minimum Gasteiger partial charge on any atom is -0.491 e. The number of ether oxygens (including phenoxy) is 3. The van der Waals surface area contributed by atoms with Gasteiger partial charge in [-0.25, -0.2) is 4.79 Å². The third kappa shape index (κ3) is 5.18. The summed E-state index contributed by atoms with van der Waals surface area (Å²) in [7, 11) is 0. The Bertz CT molecular complexity index is 432. The first kappa shape index (κ1) is 13.7. The fraction of sp³-hybridized carbons (Fsp3) is 0.500. The fourth-order valence-corrected chi connectivity index (χ4v) is 1.41. The van der Waals surface area contributed by atoms with Crippen molar-refractivity contribution in [3.05, 3.63) is 24.3 Å². The molecule has 1 fully saturated rings. The first-order valence-electron chi connectivity index (χ1n) is 6.27. The Kier molecular flexibility index (Phi) is 3.95. The van der Waals surface area contributed by atoms with E-state index < -0.39 is 11.7 Å². The number of rotatable bonds is 4. The molecule has 0 radical (unpaired) electrons. The molecule has 0 aliphatic carbocycles. The van der Waals surface area contributed by atoms with E-state index >= 15 is 0 Å². The van der Waals surface area contributed by atoms with Crippen LogP contribution in [-0.2, 0) is 9.47 Å². The second kappa shape index (κ2) is 5.48. The SMILES string of the molecule is CC(C)(C)OC(=O)Nc1ccc(OC[C@@H]2CO2)cc1. The molecule has 1 atom stereocenters. The van der Waals surface area contributed by atoms with Crippen molar-refractivity contribution in [2.24, 2.45) is 0 Å². The highest BCUT2D eigenvalue weighted by molar-refractivity contribution is 5.84. The van der Waals surface area contributed by atoms with E-state index in [0.717, 1.165) is 12.4 Å². The number of hydrogen-bond donors (Lipinski definition) is 1. The number of benzene rings is 1. The van der Waals surface area contributed by atoms with Crippen LogP contribution in [0.25, 0.3) is 0 Å². The van der Waals surface area contributed by atoms with Crippen molar-refractivity contribution in [2.45, 2.75) is 32.5 Å². The molecular weight excluding hydrogens is 246 g/mol. The van der Waals surface area contributed by atoms with Crippen molar-refractivity contribution < 1.29 is 19.0 Å². The Morgan fingerprint density at radius 3 is 2.53 bits per heavy atom. The van der Waals surface area contributed by atoms with E-state index in [-0.39, 0.29) is 6.10 Å². The maximum absolute atomic E-state index is 11.6. The highest BCUT2D eigenvalue weighted by Gasteiger charge is 2.23. The van der Waals surface area contributed by atoms with Gasteiger partial charge in [0.25, 0.3) is 0 Å². The zero-order valence-electron chi connectivity index (χ0n) is 11.4. The topological polar surface area (TPSA) is 60.1 Å². The summed E-state index contributed by atoms with van der Waals surface area (Å²) in [5.74, 6) is 0.755. The van der Waals surface area contributed by atoms with Gasteiger partial charge in [-0.1, -0.05) is 0 Å². The first-order valence-corrected chi connectivity index (χ1v) is 6.27. The first-order chi connectivity index (χ1) is 8.92. The van der Waals surface area contributed by atoms with Crippen LogP contribution in [0.15, 0.2) is 24.3 Å². The standard InChI is InChI=1S/C14H19NO4/c1-14(2,3)19-13(16)15-10-4-6-11(7-5-10)17-8-12-9-18-12/h4-7,12H,8-9H2,1-3H3,(H,15,16)/t12-/m1/s1. The van der Waals surface area contributed by atoms with Gasteiger partial charge in [-0.15, -0.1) is 0 Å². The van der Waals surface area contributed by atoms with Crippen molar-refractivity contribution in [1.29, 1.82) is 0 Å². The zero-order chi connectivity index (χ0) is 13.9. The summed E-state index contributed by atoms with van der Waals surface area (Å²) >= 11 is 0. The van der Waals surface area contributed by atoms with Gasteiger partial charge >= 0.3 is 6.09 Å². The second-order valence-electron chi connectivity index (χ2n) is 5.42. The molecule has 5 heteroatoms. The molecule has 0 bridgehead atoms. The van der Waals surface area contributed by atoms with Gasteiger partial charge in [0.15, 0.2) is 0 Å². The van der Waals surface area contributed by atoms with E-state index in [9.17, 15) is 4.79 Å². The van der Waals surface area contributed by atoms with Gasteiger partial charge in [-0.2, -0.15) is 0 Å². The van der Waals surface area contributed by atoms with E-state index in [4.69, 9.17) is 14.2 Å². The van der Waals surface area contributed by atoms with Crippen LogP contribution in [0.2, 0.25) is 0 Å². The number of nitrogens with one attached hydrogen (secondary N) is 1. The van der Waals surface area contributed by atoms with Gasteiger partial charge in [0.1, 0.15) is 24.1 Å². The maximum Gasteiger partial charge on any atom is 0.412 e. The van der Waals surface area contributed by atoms with Crippen molar-refractivity contribution >= 4 is 11.8 Å². The zero-order valence-corrected chi connectivity index (χ0v) is 11.4. The van der Waals surface area contributed by atoms with E-state index in [1.807, 2.05) is 20.8 Å². The van der Waals surface area contributed by atoms with Gasteiger partial charge < -0.3 is 14.2 Å². The molecule has 0 aromatic heterocycles. The minimum atomic E-state index is -0.503. The third-order valence-corrected chi connectivity index (χ3v) is 2.34. The Labute approximate surface area is 112 Å². The number of anilines is 1. The molecule has 1 amide bonds. The fourth-order valence-electron chi connectivity index (χ4n) is 1.41. The van der Waals surface area contributed by atoms with Crippen molar-refractivity contribution in [1.82, 2.24) is 0 Å². The second-order valence-corrected chi connectivity index (χ2v) is 5.42. The Balaban J connectivity index is 1.81. The van der Waals surface area contributed by atoms with Crippen molar-refractivity contribution in [2.75, 3.05) is 18.5 Å². The Morgan fingerprint density at radius 1 is 1.37 bits per heavy atom. The Hall–Kier alpha value is -1.75. The number of epoxide rings is 1. The Morgan fingerprint density at radius 2 is 2.00 bits per heavy atom. The van der Waals surface area contributed by atoms with Crippen molar-refractivity contribution in [3.63, 3.8) is 0 Å². The van der Waals surface area contributed by atoms with E-state index in [1.165, 1.54) is 0 Å². The molecule has 0 spiro atoms. The lowest BCUT2D eigenvalue weighted by Crippen LogP contribution is -2.27. The van der Waals surface area contributed by atoms with Gasteiger partial charge in [-0.3, -0.25) is 5.32 Å². The molecule has 104 valence electrons. The molecule has 1 aromatic carbocycles. The molecule has 1 saturated heterocycles. The molecule has 1 aliphatic heterocycles. The molecule has 1 heterocycles. The molecule has 1 N–H and O–H groups in total. The van der Waals surface area contributed by atoms with Gasteiger partial charge in [-0.05, 0) is 45.0 Å². The van der Waals surface area contributed by atoms with Crippen LogP contribution in [-0.4, -0.2) is 31.0 Å². The summed E-state index contributed by atoms with van der Waals surface area (Å²) in [6, 6.07) is 7.14. The number of hydrogen-bond acceptors (Lipinski definition) is 4. The summed E-state index contributed by atoms with van der Waals surface area (Å²) in [5, 5.41) is 2.66. The van der Waals surface area contributed by atoms with Crippen LogP contribution in [0, 0.1) is 0 Å². The molecule has 5 nitrogen and oxygen atoms in total. The summed E-state index contributed by atoms with van der Waals surface area (Å²) in [6.45, 7) is 6.81. The molecule has 0 saturated carbocycles.